The van der Waals surface area contributed by atoms with Gasteiger partial charge in [-0.05, 0) is 31.7 Å². The molecule has 6 heteroatoms. The van der Waals surface area contributed by atoms with E-state index < -0.39 is 0 Å². The van der Waals surface area contributed by atoms with Gasteiger partial charge in [0.25, 0.3) is 0 Å². The predicted octanol–water partition coefficient (Wildman–Crippen LogP) is 1.37. The van der Waals surface area contributed by atoms with Gasteiger partial charge in [0.05, 0.1) is 19.8 Å². The van der Waals surface area contributed by atoms with Crippen molar-refractivity contribution in [1.29, 1.82) is 0 Å². The molecule has 0 bridgehead atoms. The van der Waals surface area contributed by atoms with E-state index >= 15 is 0 Å². The topological polar surface area (TPSA) is 42.8 Å². The van der Waals surface area contributed by atoms with Gasteiger partial charge in [0.2, 0.25) is 0 Å². The summed E-state index contributed by atoms with van der Waals surface area (Å²) >= 11 is 0. The molecule has 4 rings (SSSR count). The van der Waals surface area contributed by atoms with Gasteiger partial charge in [0, 0.05) is 64.2 Å². The van der Waals surface area contributed by atoms with Gasteiger partial charge < -0.3 is 18.9 Å². The molecular weight excluding hydrogens is 316 g/mol. The van der Waals surface area contributed by atoms with Crippen molar-refractivity contribution in [1.82, 2.24) is 19.4 Å². The zero-order valence-corrected chi connectivity index (χ0v) is 15.5. The van der Waals surface area contributed by atoms with Crippen molar-refractivity contribution in [3.05, 3.63) is 18.2 Å². The monoisotopic (exact) mass is 348 g/mol. The molecule has 0 saturated carbocycles. The smallest absolute Gasteiger partial charge is 0.122 e. The van der Waals surface area contributed by atoms with Crippen LogP contribution in [0.25, 0.3) is 0 Å². The van der Waals surface area contributed by atoms with Crippen LogP contribution in [0.15, 0.2) is 12.4 Å². The molecule has 25 heavy (non-hydrogen) atoms. The number of hydrogen-bond donors (Lipinski definition) is 0. The van der Waals surface area contributed by atoms with Gasteiger partial charge in [0.1, 0.15) is 5.82 Å². The van der Waals surface area contributed by atoms with Gasteiger partial charge >= 0.3 is 0 Å². The fraction of sp³-hybridized carbons (Fsp3) is 0.842. The lowest BCUT2D eigenvalue weighted by Crippen LogP contribution is -2.43. The molecule has 6 nitrogen and oxygen atoms in total. The first kappa shape index (κ1) is 17.5. The summed E-state index contributed by atoms with van der Waals surface area (Å²) < 4.78 is 13.7. The van der Waals surface area contributed by atoms with Crippen molar-refractivity contribution in [3.63, 3.8) is 0 Å². The summed E-state index contributed by atoms with van der Waals surface area (Å²) in [5.74, 6) is 1.96. The zero-order chi connectivity index (χ0) is 17.1. The molecule has 1 aromatic rings. The summed E-state index contributed by atoms with van der Waals surface area (Å²) in [4.78, 5) is 9.72. The summed E-state index contributed by atoms with van der Waals surface area (Å²) in [6, 6.07) is 0. The van der Waals surface area contributed by atoms with E-state index in [0.717, 1.165) is 64.3 Å². The van der Waals surface area contributed by atoms with E-state index in [-0.39, 0.29) is 0 Å². The van der Waals surface area contributed by atoms with Crippen LogP contribution in [0.3, 0.4) is 0 Å². The zero-order valence-electron chi connectivity index (χ0n) is 15.5. The van der Waals surface area contributed by atoms with Crippen LogP contribution in [-0.2, 0) is 23.1 Å². The SMILES string of the molecule is Cn1ccnc1CN1CC[C@]2(COCCN(CC3CCOCC3)C2)C1. The first-order valence-electron chi connectivity index (χ1n) is 9.79. The highest BCUT2D eigenvalue weighted by Crippen LogP contribution is 2.34. The number of aryl methyl sites for hydroxylation is 1. The standard InChI is InChI=1S/C19H32N4O2/c1-21-7-5-20-18(21)13-22-6-4-19(14-22)15-23(8-11-25-16-19)12-17-2-9-24-10-3-17/h5,7,17H,2-4,6,8-16H2,1H3/t19-/m0/s1. The van der Waals surface area contributed by atoms with E-state index in [1.165, 1.54) is 32.4 Å². The van der Waals surface area contributed by atoms with Crippen molar-refractivity contribution >= 4 is 0 Å². The highest BCUT2D eigenvalue weighted by atomic mass is 16.5. The molecule has 0 N–H and O–H groups in total. The molecule has 4 heterocycles. The van der Waals surface area contributed by atoms with Crippen LogP contribution in [0.5, 0.6) is 0 Å². The van der Waals surface area contributed by atoms with Crippen molar-refractivity contribution in [3.8, 4) is 0 Å². The molecule has 1 spiro atoms. The van der Waals surface area contributed by atoms with E-state index in [9.17, 15) is 0 Å². The number of likely N-dealkylation sites (tertiary alicyclic amines) is 1. The normalized spacial score (nSPS) is 30.1. The minimum atomic E-state index is 0.298. The second-order valence-electron chi connectivity index (χ2n) is 8.26. The molecule has 3 saturated heterocycles. The van der Waals surface area contributed by atoms with E-state index in [4.69, 9.17) is 9.47 Å². The van der Waals surface area contributed by atoms with E-state index in [1.54, 1.807) is 0 Å². The van der Waals surface area contributed by atoms with Crippen LogP contribution in [0.4, 0.5) is 0 Å². The summed E-state index contributed by atoms with van der Waals surface area (Å²) in [5.41, 5.74) is 0.298. The fourth-order valence-electron chi connectivity index (χ4n) is 4.69. The van der Waals surface area contributed by atoms with Crippen LogP contribution in [0.2, 0.25) is 0 Å². The van der Waals surface area contributed by atoms with Crippen molar-refractivity contribution < 1.29 is 9.47 Å². The maximum absolute atomic E-state index is 6.05. The largest absolute Gasteiger partial charge is 0.381 e. The van der Waals surface area contributed by atoms with Crippen molar-refractivity contribution in [2.45, 2.75) is 25.8 Å². The minimum Gasteiger partial charge on any atom is -0.381 e. The van der Waals surface area contributed by atoms with Gasteiger partial charge in [-0.1, -0.05) is 0 Å². The van der Waals surface area contributed by atoms with Crippen LogP contribution in [0, 0.1) is 11.3 Å². The van der Waals surface area contributed by atoms with Crippen LogP contribution >= 0.6 is 0 Å². The highest BCUT2D eigenvalue weighted by Gasteiger charge is 2.41. The highest BCUT2D eigenvalue weighted by molar-refractivity contribution is 4.97. The Hall–Kier alpha value is -0.950. The minimum absolute atomic E-state index is 0.298. The molecule has 3 aliphatic heterocycles. The lowest BCUT2D eigenvalue weighted by atomic mass is 9.87. The third-order valence-corrected chi connectivity index (χ3v) is 6.18. The molecule has 0 aromatic carbocycles. The summed E-state index contributed by atoms with van der Waals surface area (Å²) in [6.45, 7) is 10.4. The molecule has 0 radical (unpaired) electrons. The van der Waals surface area contributed by atoms with E-state index in [0.29, 0.717) is 5.41 Å². The Bertz CT molecular complexity index is 557. The van der Waals surface area contributed by atoms with Crippen molar-refractivity contribution in [2.75, 3.05) is 59.2 Å². The van der Waals surface area contributed by atoms with E-state index in [2.05, 4.69) is 26.4 Å². The molecule has 0 aliphatic carbocycles. The summed E-state index contributed by atoms with van der Waals surface area (Å²) in [6.07, 6.45) is 7.60. The average Bonchev–Trinajstić information content (AvgIpc) is 3.13. The Balaban J connectivity index is 1.36. The number of imidazole rings is 1. The Morgan fingerprint density at radius 3 is 2.76 bits per heavy atom. The number of nitrogens with zero attached hydrogens (tertiary/aromatic N) is 4. The van der Waals surface area contributed by atoms with Crippen LogP contribution < -0.4 is 0 Å². The number of aromatic nitrogens is 2. The molecule has 3 aliphatic rings. The number of rotatable bonds is 4. The average molecular weight is 348 g/mol. The van der Waals surface area contributed by atoms with Gasteiger partial charge in [-0.2, -0.15) is 0 Å². The van der Waals surface area contributed by atoms with Gasteiger partial charge in [-0.15, -0.1) is 0 Å². The molecule has 0 unspecified atom stereocenters. The predicted molar refractivity (Wildman–Crippen MR) is 96.3 cm³/mol. The Morgan fingerprint density at radius 1 is 1.12 bits per heavy atom. The summed E-state index contributed by atoms with van der Waals surface area (Å²) in [5, 5.41) is 0. The maximum Gasteiger partial charge on any atom is 0.122 e. The van der Waals surface area contributed by atoms with E-state index in [1.807, 2.05) is 12.4 Å². The third-order valence-electron chi connectivity index (χ3n) is 6.18. The molecular formula is C19H32N4O2. The second kappa shape index (κ2) is 7.74. The first-order chi connectivity index (χ1) is 12.2. The van der Waals surface area contributed by atoms with Crippen LogP contribution in [0.1, 0.15) is 25.1 Å². The molecule has 0 amide bonds. The quantitative estimate of drug-likeness (QED) is 0.822. The summed E-state index contributed by atoms with van der Waals surface area (Å²) in [7, 11) is 2.08. The third kappa shape index (κ3) is 4.25. The lowest BCUT2D eigenvalue weighted by Gasteiger charge is -2.34. The Kier molecular flexibility index (Phi) is 5.41. The van der Waals surface area contributed by atoms with Crippen LogP contribution in [-0.4, -0.2) is 78.5 Å². The lowest BCUT2D eigenvalue weighted by molar-refractivity contribution is 0.0468. The van der Waals surface area contributed by atoms with Gasteiger partial charge in [0.15, 0.2) is 0 Å². The second-order valence-corrected chi connectivity index (χ2v) is 8.26. The maximum atomic E-state index is 6.05. The molecule has 1 aromatic heterocycles. The number of hydrogen-bond acceptors (Lipinski definition) is 5. The number of ether oxygens (including phenoxy) is 2. The first-order valence-corrected chi connectivity index (χ1v) is 9.79. The van der Waals surface area contributed by atoms with Crippen molar-refractivity contribution in [2.24, 2.45) is 18.4 Å². The Morgan fingerprint density at radius 2 is 1.96 bits per heavy atom. The molecule has 1 atom stereocenters. The molecule has 140 valence electrons. The molecule has 3 fully saturated rings. The van der Waals surface area contributed by atoms with Gasteiger partial charge in [-0.3, -0.25) is 4.90 Å². The Labute approximate surface area is 151 Å². The fourth-order valence-corrected chi connectivity index (χ4v) is 4.69. The van der Waals surface area contributed by atoms with Gasteiger partial charge in [-0.25, -0.2) is 4.98 Å².